The number of nitrogens with one attached hydrogen (secondary N) is 1. The average molecular weight is 502 g/mol. The van der Waals surface area contributed by atoms with Crippen LogP contribution in [0.2, 0.25) is 0 Å². The Morgan fingerprint density at radius 2 is 1.73 bits per heavy atom. The van der Waals surface area contributed by atoms with Crippen LogP contribution in [0.1, 0.15) is 44.9 Å². The van der Waals surface area contributed by atoms with Crippen molar-refractivity contribution >= 4 is 33.5 Å². The van der Waals surface area contributed by atoms with E-state index in [2.05, 4.69) is 26.1 Å². The fourth-order valence-corrected chi connectivity index (χ4v) is 4.43. The fraction of sp³-hybridized carbons (Fsp3) is 0.115. The molecule has 0 saturated heterocycles. The number of hydrogen-bond donors (Lipinski definition) is 1. The number of carbonyl (C=O) groups excluding carboxylic acids is 2. The Kier molecular flexibility index (Phi) is 5.56. The number of aromatic nitrogens is 2. The van der Waals surface area contributed by atoms with Gasteiger partial charge >= 0.3 is 5.97 Å². The minimum absolute atomic E-state index is 0.170. The quantitative estimate of drug-likeness (QED) is 0.352. The van der Waals surface area contributed by atoms with Gasteiger partial charge in [-0.25, -0.2) is 4.79 Å². The largest absolute Gasteiger partial charge is 0.462 e. The minimum Gasteiger partial charge on any atom is -0.462 e. The Morgan fingerprint density at radius 3 is 2.39 bits per heavy atom. The first kappa shape index (κ1) is 21.2. The molecule has 0 unspecified atom stereocenters. The van der Waals surface area contributed by atoms with Gasteiger partial charge in [0.15, 0.2) is 0 Å². The molecule has 1 amide bonds. The Bertz CT molecular complexity index is 1320. The van der Waals surface area contributed by atoms with Crippen LogP contribution in [0.25, 0.3) is 11.3 Å². The van der Waals surface area contributed by atoms with Crippen LogP contribution >= 0.6 is 15.9 Å². The predicted molar refractivity (Wildman–Crippen MR) is 129 cm³/mol. The number of halogens is 1. The number of benzene rings is 3. The number of anilines is 1. The molecule has 6 nitrogen and oxygen atoms in total. The Morgan fingerprint density at radius 1 is 1.03 bits per heavy atom. The molecule has 4 aromatic rings. The summed E-state index contributed by atoms with van der Waals surface area (Å²) in [5, 5.41) is 7.46. The van der Waals surface area contributed by atoms with Crippen LogP contribution in [0.3, 0.4) is 0 Å². The van der Waals surface area contributed by atoms with Gasteiger partial charge in [0.1, 0.15) is 5.69 Å². The van der Waals surface area contributed by atoms with E-state index in [-0.39, 0.29) is 17.9 Å². The first-order valence-corrected chi connectivity index (χ1v) is 11.4. The van der Waals surface area contributed by atoms with Crippen molar-refractivity contribution < 1.29 is 14.3 Å². The number of H-pyrrole nitrogens is 1. The van der Waals surface area contributed by atoms with Crippen LogP contribution in [-0.4, -0.2) is 28.7 Å². The van der Waals surface area contributed by atoms with E-state index in [4.69, 9.17) is 4.74 Å². The molecule has 0 saturated carbocycles. The summed E-state index contributed by atoms with van der Waals surface area (Å²) in [6, 6.07) is 24.3. The summed E-state index contributed by atoms with van der Waals surface area (Å²) in [4.78, 5) is 27.4. The van der Waals surface area contributed by atoms with Gasteiger partial charge < -0.3 is 4.74 Å². The standard InChI is InChI=1S/C26H20BrN3O3/c1-2-33-26(32)18-10-14-20(15-11-18)30-24(17-8-12-19(27)13-9-17)21-22(16-6-4-3-5-7-16)28-29-23(21)25(30)31/h3-15,24H,2H2,1H3,(H,28,29)/t24-/m0/s1. The molecular formula is C26H20BrN3O3. The summed E-state index contributed by atoms with van der Waals surface area (Å²) >= 11 is 3.49. The molecule has 2 heterocycles. The van der Waals surface area contributed by atoms with Crippen molar-refractivity contribution in [2.75, 3.05) is 11.5 Å². The van der Waals surface area contributed by atoms with Gasteiger partial charge in [-0.05, 0) is 48.9 Å². The highest BCUT2D eigenvalue weighted by Crippen LogP contribution is 2.45. The number of esters is 1. The molecule has 3 aromatic carbocycles. The summed E-state index contributed by atoms with van der Waals surface area (Å²) in [6.45, 7) is 2.07. The van der Waals surface area contributed by atoms with Gasteiger partial charge in [0.05, 0.1) is 23.9 Å². The Hall–Kier alpha value is -3.71. The van der Waals surface area contributed by atoms with Crippen LogP contribution in [0, 0.1) is 0 Å². The van der Waals surface area contributed by atoms with Gasteiger partial charge in [-0.1, -0.05) is 58.4 Å². The van der Waals surface area contributed by atoms with Crippen molar-refractivity contribution in [1.82, 2.24) is 10.2 Å². The molecule has 0 fully saturated rings. The summed E-state index contributed by atoms with van der Waals surface area (Å²) in [5.74, 6) is -0.557. The van der Waals surface area contributed by atoms with E-state index in [0.29, 0.717) is 23.6 Å². The number of carbonyl (C=O) groups is 2. The topological polar surface area (TPSA) is 75.3 Å². The molecule has 0 radical (unpaired) electrons. The highest BCUT2D eigenvalue weighted by Gasteiger charge is 2.43. The maximum absolute atomic E-state index is 13.6. The third-order valence-electron chi connectivity index (χ3n) is 5.66. The first-order valence-electron chi connectivity index (χ1n) is 10.6. The van der Waals surface area contributed by atoms with Crippen LogP contribution in [-0.2, 0) is 4.74 Å². The van der Waals surface area contributed by atoms with Gasteiger partial charge in [-0.2, -0.15) is 5.10 Å². The predicted octanol–water partition coefficient (Wildman–Crippen LogP) is 5.77. The van der Waals surface area contributed by atoms with Crippen LogP contribution in [0.5, 0.6) is 0 Å². The van der Waals surface area contributed by atoms with Crippen molar-refractivity contribution in [3.05, 3.63) is 106 Å². The number of nitrogens with zero attached hydrogens (tertiary/aromatic N) is 2. The molecule has 5 rings (SSSR count). The monoisotopic (exact) mass is 501 g/mol. The van der Waals surface area contributed by atoms with Gasteiger partial charge in [-0.3, -0.25) is 14.8 Å². The second-order valence-electron chi connectivity index (χ2n) is 7.62. The molecular weight excluding hydrogens is 482 g/mol. The Balaban J connectivity index is 1.63. The second-order valence-corrected chi connectivity index (χ2v) is 8.54. The van der Waals surface area contributed by atoms with E-state index in [1.165, 1.54) is 0 Å². The van der Waals surface area contributed by atoms with Crippen LogP contribution < -0.4 is 4.90 Å². The van der Waals surface area contributed by atoms with Gasteiger partial charge in [0, 0.05) is 21.3 Å². The van der Waals surface area contributed by atoms with Gasteiger partial charge in [0.2, 0.25) is 0 Å². The molecule has 1 atom stereocenters. The van der Waals surface area contributed by atoms with E-state index in [1.54, 1.807) is 36.1 Å². The Labute approximate surface area is 199 Å². The number of ether oxygens (including phenoxy) is 1. The number of amides is 1. The first-order chi connectivity index (χ1) is 16.1. The molecule has 33 heavy (non-hydrogen) atoms. The lowest BCUT2D eigenvalue weighted by Gasteiger charge is -2.26. The SMILES string of the molecule is CCOC(=O)c1ccc(N2C(=O)c3[nH]nc(-c4ccccc4)c3[C@@H]2c2ccc(Br)cc2)cc1. The van der Waals surface area contributed by atoms with Gasteiger partial charge in [0.25, 0.3) is 5.91 Å². The van der Waals surface area contributed by atoms with E-state index >= 15 is 0 Å². The lowest BCUT2D eigenvalue weighted by atomic mass is 9.96. The normalized spacial score (nSPS) is 14.9. The highest BCUT2D eigenvalue weighted by atomic mass is 79.9. The lowest BCUT2D eigenvalue weighted by molar-refractivity contribution is 0.0526. The van der Waals surface area contributed by atoms with E-state index < -0.39 is 0 Å². The maximum atomic E-state index is 13.6. The number of rotatable bonds is 5. The zero-order valence-electron chi connectivity index (χ0n) is 17.8. The maximum Gasteiger partial charge on any atom is 0.338 e. The molecule has 1 aliphatic heterocycles. The van der Waals surface area contributed by atoms with Crippen LogP contribution in [0.4, 0.5) is 5.69 Å². The summed E-state index contributed by atoms with van der Waals surface area (Å²) in [5.41, 5.74) is 5.07. The molecule has 0 bridgehead atoms. The number of aromatic amines is 1. The van der Waals surface area contributed by atoms with Crippen molar-refractivity contribution in [3.8, 4) is 11.3 Å². The zero-order valence-corrected chi connectivity index (χ0v) is 19.4. The third-order valence-corrected chi connectivity index (χ3v) is 6.19. The van der Waals surface area contributed by atoms with Crippen LogP contribution in [0.15, 0.2) is 83.3 Å². The molecule has 1 N–H and O–H groups in total. The minimum atomic E-state index is -0.387. The van der Waals surface area contributed by atoms with Crippen molar-refractivity contribution in [2.45, 2.75) is 13.0 Å². The van der Waals surface area contributed by atoms with Gasteiger partial charge in [-0.15, -0.1) is 0 Å². The zero-order chi connectivity index (χ0) is 22.9. The van der Waals surface area contributed by atoms with E-state index in [9.17, 15) is 9.59 Å². The smallest absolute Gasteiger partial charge is 0.338 e. The van der Waals surface area contributed by atoms with E-state index in [0.717, 1.165) is 26.9 Å². The van der Waals surface area contributed by atoms with Crippen molar-refractivity contribution in [1.29, 1.82) is 0 Å². The molecule has 0 aliphatic carbocycles. The van der Waals surface area contributed by atoms with Crippen molar-refractivity contribution in [3.63, 3.8) is 0 Å². The average Bonchev–Trinajstić information content (AvgIpc) is 3.39. The lowest BCUT2D eigenvalue weighted by Crippen LogP contribution is -2.29. The highest BCUT2D eigenvalue weighted by molar-refractivity contribution is 9.10. The summed E-state index contributed by atoms with van der Waals surface area (Å²) in [6.07, 6.45) is 0. The fourth-order valence-electron chi connectivity index (χ4n) is 4.16. The van der Waals surface area contributed by atoms with E-state index in [1.807, 2.05) is 54.6 Å². The number of hydrogen-bond acceptors (Lipinski definition) is 4. The third kappa shape index (κ3) is 3.74. The molecule has 7 heteroatoms. The molecule has 1 aromatic heterocycles. The summed E-state index contributed by atoms with van der Waals surface area (Å²) < 4.78 is 6.04. The second kappa shape index (κ2) is 8.67. The molecule has 164 valence electrons. The van der Waals surface area contributed by atoms with Crippen molar-refractivity contribution in [2.24, 2.45) is 0 Å². The molecule has 0 spiro atoms. The molecule has 1 aliphatic rings. The summed E-state index contributed by atoms with van der Waals surface area (Å²) in [7, 11) is 0. The number of fused-ring (bicyclic) bond motifs is 1.